The maximum absolute atomic E-state index is 12.1. The Morgan fingerprint density at radius 3 is 2.50 bits per heavy atom. The molecular formula is C13H25F3N4. The van der Waals surface area contributed by atoms with Crippen LogP contribution in [-0.4, -0.2) is 55.8 Å². The van der Waals surface area contributed by atoms with Crippen molar-refractivity contribution in [1.29, 1.82) is 0 Å². The summed E-state index contributed by atoms with van der Waals surface area (Å²) in [6, 6.07) is 0.946. The Hall–Kier alpha value is -0.980. The van der Waals surface area contributed by atoms with Crippen LogP contribution in [0.4, 0.5) is 13.2 Å². The Morgan fingerprint density at radius 1 is 1.35 bits per heavy atom. The van der Waals surface area contributed by atoms with E-state index < -0.39 is 12.6 Å². The van der Waals surface area contributed by atoms with Gasteiger partial charge in [-0.25, -0.2) is 0 Å². The molecule has 1 saturated carbocycles. The molecule has 0 spiro atoms. The zero-order valence-corrected chi connectivity index (χ0v) is 12.4. The summed E-state index contributed by atoms with van der Waals surface area (Å²) in [6.07, 6.45) is -2.53. The number of hydrogen-bond acceptors (Lipinski definition) is 2. The van der Waals surface area contributed by atoms with Crippen molar-refractivity contribution in [3.63, 3.8) is 0 Å². The quantitative estimate of drug-likeness (QED) is 0.557. The van der Waals surface area contributed by atoms with Crippen molar-refractivity contribution in [2.24, 2.45) is 4.99 Å². The van der Waals surface area contributed by atoms with E-state index in [4.69, 9.17) is 0 Å². The molecule has 2 N–H and O–H groups in total. The maximum atomic E-state index is 12.1. The van der Waals surface area contributed by atoms with Gasteiger partial charge in [-0.2, -0.15) is 13.2 Å². The van der Waals surface area contributed by atoms with Crippen molar-refractivity contribution in [3.05, 3.63) is 0 Å². The molecule has 0 aromatic carbocycles. The van der Waals surface area contributed by atoms with Crippen LogP contribution in [0, 0.1) is 0 Å². The van der Waals surface area contributed by atoms with Gasteiger partial charge in [0.05, 0.1) is 13.0 Å². The molecular weight excluding hydrogens is 269 g/mol. The highest BCUT2D eigenvalue weighted by Gasteiger charge is 2.29. The van der Waals surface area contributed by atoms with Crippen molar-refractivity contribution in [2.75, 3.05) is 26.7 Å². The van der Waals surface area contributed by atoms with Crippen molar-refractivity contribution in [1.82, 2.24) is 15.5 Å². The summed E-state index contributed by atoms with van der Waals surface area (Å²) < 4.78 is 36.3. The van der Waals surface area contributed by atoms with Gasteiger partial charge in [0.2, 0.25) is 0 Å². The minimum atomic E-state index is -4.14. The van der Waals surface area contributed by atoms with E-state index in [-0.39, 0.29) is 6.54 Å². The number of hydrogen-bond donors (Lipinski definition) is 2. The summed E-state index contributed by atoms with van der Waals surface area (Å²) in [4.78, 5) is 6.63. The molecule has 7 heteroatoms. The Balaban J connectivity index is 2.36. The first-order valence-electron chi connectivity index (χ1n) is 7.14. The van der Waals surface area contributed by atoms with Gasteiger partial charge in [-0.3, -0.25) is 9.89 Å². The highest BCUT2D eigenvalue weighted by Crippen LogP contribution is 2.26. The average molecular weight is 294 g/mol. The third kappa shape index (κ3) is 6.98. The molecule has 1 unspecified atom stereocenters. The average Bonchev–Trinajstić information content (AvgIpc) is 3.17. The molecule has 0 aliphatic heterocycles. The lowest BCUT2D eigenvalue weighted by Gasteiger charge is -2.23. The summed E-state index contributed by atoms with van der Waals surface area (Å²) in [5.41, 5.74) is 0. The molecule has 0 amide bonds. The highest BCUT2D eigenvalue weighted by atomic mass is 19.4. The third-order valence-electron chi connectivity index (χ3n) is 3.38. The molecule has 1 aliphatic carbocycles. The summed E-state index contributed by atoms with van der Waals surface area (Å²) in [5, 5.41) is 5.68. The normalized spacial score (nSPS) is 18.2. The first-order valence-corrected chi connectivity index (χ1v) is 7.14. The van der Waals surface area contributed by atoms with Crippen molar-refractivity contribution in [2.45, 2.75) is 51.4 Å². The lowest BCUT2D eigenvalue weighted by atomic mass is 10.3. The van der Waals surface area contributed by atoms with E-state index in [1.54, 1.807) is 0 Å². The summed E-state index contributed by atoms with van der Waals surface area (Å²) in [5.74, 6) is 0.452. The smallest absolute Gasteiger partial charge is 0.357 e. The largest absolute Gasteiger partial charge is 0.390 e. The minimum Gasteiger partial charge on any atom is -0.357 e. The standard InChI is InChI=1S/C13H25F3N4/c1-4-17-12(18-8-7-13(14,15)16)19-9-10(2)20(3)11-5-6-11/h10-11H,4-9H2,1-3H3,(H2,17,18,19). The zero-order valence-electron chi connectivity index (χ0n) is 12.4. The lowest BCUT2D eigenvalue weighted by molar-refractivity contribution is -0.132. The van der Waals surface area contributed by atoms with Crippen molar-refractivity contribution >= 4 is 5.96 Å². The van der Waals surface area contributed by atoms with Gasteiger partial charge in [-0.15, -0.1) is 0 Å². The molecule has 118 valence electrons. The number of halogens is 3. The molecule has 1 fully saturated rings. The van der Waals surface area contributed by atoms with Crippen LogP contribution in [0.15, 0.2) is 4.99 Å². The number of alkyl halides is 3. The van der Waals surface area contributed by atoms with Crippen LogP contribution in [0.5, 0.6) is 0 Å². The van der Waals surface area contributed by atoms with Gasteiger partial charge in [-0.1, -0.05) is 0 Å². The topological polar surface area (TPSA) is 39.7 Å². The monoisotopic (exact) mass is 294 g/mol. The molecule has 0 heterocycles. The van der Waals surface area contributed by atoms with E-state index in [0.29, 0.717) is 31.1 Å². The van der Waals surface area contributed by atoms with E-state index >= 15 is 0 Å². The van der Waals surface area contributed by atoms with Crippen LogP contribution in [-0.2, 0) is 0 Å². The number of nitrogens with one attached hydrogen (secondary N) is 2. The third-order valence-corrected chi connectivity index (χ3v) is 3.38. The molecule has 0 bridgehead atoms. The molecule has 1 aliphatic rings. The van der Waals surface area contributed by atoms with Gasteiger partial charge in [0.1, 0.15) is 0 Å². The van der Waals surface area contributed by atoms with E-state index in [1.165, 1.54) is 12.8 Å². The van der Waals surface area contributed by atoms with Crippen LogP contribution in [0.25, 0.3) is 0 Å². The second-order valence-corrected chi connectivity index (χ2v) is 5.26. The second-order valence-electron chi connectivity index (χ2n) is 5.26. The molecule has 0 aromatic rings. The molecule has 0 radical (unpaired) electrons. The first-order chi connectivity index (χ1) is 9.33. The first kappa shape index (κ1) is 17.1. The zero-order chi connectivity index (χ0) is 15.2. The van der Waals surface area contributed by atoms with E-state index in [0.717, 1.165) is 0 Å². The van der Waals surface area contributed by atoms with Crippen LogP contribution in [0.2, 0.25) is 0 Å². The highest BCUT2D eigenvalue weighted by molar-refractivity contribution is 5.79. The predicted octanol–water partition coefficient (Wildman–Crippen LogP) is 1.98. The molecule has 4 nitrogen and oxygen atoms in total. The van der Waals surface area contributed by atoms with Crippen LogP contribution < -0.4 is 10.6 Å². The van der Waals surface area contributed by atoms with Crippen molar-refractivity contribution in [3.8, 4) is 0 Å². The van der Waals surface area contributed by atoms with Gasteiger partial charge in [0.25, 0.3) is 0 Å². The van der Waals surface area contributed by atoms with Gasteiger partial charge in [-0.05, 0) is 33.7 Å². The van der Waals surface area contributed by atoms with E-state index in [9.17, 15) is 13.2 Å². The Morgan fingerprint density at radius 2 is 2.00 bits per heavy atom. The number of likely N-dealkylation sites (N-methyl/N-ethyl adjacent to an activating group) is 1. The maximum Gasteiger partial charge on any atom is 0.390 e. The van der Waals surface area contributed by atoms with Crippen LogP contribution in [0.1, 0.15) is 33.1 Å². The van der Waals surface area contributed by atoms with Gasteiger partial charge >= 0.3 is 6.18 Å². The molecule has 1 rings (SSSR count). The fourth-order valence-electron chi connectivity index (χ4n) is 1.86. The minimum absolute atomic E-state index is 0.151. The van der Waals surface area contributed by atoms with Crippen molar-refractivity contribution < 1.29 is 13.2 Å². The molecule has 0 saturated heterocycles. The van der Waals surface area contributed by atoms with Gasteiger partial charge < -0.3 is 10.6 Å². The number of aliphatic imine (C=N–C) groups is 1. The Bertz CT molecular complexity index is 313. The van der Waals surface area contributed by atoms with Gasteiger partial charge in [0.15, 0.2) is 5.96 Å². The number of nitrogens with zero attached hydrogens (tertiary/aromatic N) is 2. The van der Waals surface area contributed by atoms with E-state index in [1.807, 2.05) is 6.92 Å². The number of rotatable bonds is 7. The summed E-state index contributed by atoms with van der Waals surface area (Å²) >= 11 is 0. The fourth-order valence-corrected chi connectivity index (χ4v) is 1.86. The fraction of sp³-hybridized carbons (Fsp3) is 0.923. The van der Waals surface area contributed by atoms with Gasteiger partial charge in [0, 0.05) is 25.2 Å². The van der Waals surface area contributed by atoms with Crippen LogP contribution in [0.3, 0.4) is 0 Å². The van der Waals surface area contributed by atoms with Crippen LogP contribution >= 0.6 is 0 Å². The molecule has 20 heavy (non-hydrogen) atoms. The number of guanidine groups is 1. The SMILES string of the molecule is CCNC(=NCC(C)N(C)C1CC1)NCCC(F)(F)F. The molecule has 1 atom stereocenters. The lowest BCUT2D eigenvalue weighted by Crippen LogP contribution is -2.40. The Labute approximate surface area is 118 Å². The molecule has 0 aromatic heterocycles. The second kappa shape index (κ2) is 7.71. The predicted molar refractivity (Wildman–Crippen MR) is 74.9 cm³/mol. The Kier molecular flexibility index (Phi) is 6.58. The summed E-state index contributed by atoms with van der Waals surface area (Å²) in [7, 11) is 2.07. The van der Waals surface area contributed by atoms with E-state index in [2.05, 4.69) is 34.5 Å². The summed E-state index contributed by atoms with van der Waals surface area (Å²) in [6.45, 7) is 5.03.